The van der Waals surface area contributed by atoms with E-state index in [2.05, 4.69) is 5.32 Å². The summed E-state index contributed by atoms with van der Waals surface area (Å²) in [5.41, 5.74) is 1.88. The maximum Gasteiger partial charge on any atom is 0.311 e. The minimum Gasteiger partial charge on any atom is -0.508 e. The molecule has 1 amide bonds. The second-order valence-corrected chi connectivity index (χ2v) is 6.47. The molecular weight excluding hydrogens is 370 g/mol. The Bertz CT molecular complexity index is 981. The summed E-state index contributed by atoms with van der Waals surface area (Å²) < 4.78 is 10.5. The molecule has 1 aromatic heterocycles. The first-order valence-corrected chi connectivity index (χ1v) is 8.71. The van der Waals surface area contributed by atoms with Crippen LogP contribution in [0.25, 0.3) is 11.0 Å². The first kappa shape index (κ1) is 18.8. The summed E-state index contributed by atoms with van der Waals surface area (Å²) in [5, 5.41) is 13.4. The van der Waals surface area contributed by atoms with Crippen molar-refractivity contribution in [3.05, 3.63) is 64.9 Å². The molecule has 0 aliphatic rings. The predicted octanol–water partition coefficient (Wildman–Crippen LogP) is 3.58. The molecular formula is C20H18ClNO5. The third kappa shape index (κ3) is 4.60. The highest BCUT2D eigenvalue weighted by atomic mass is 35.5. The van der Waals surface area contributed by atoms with Gasteiger partial charge in [0, 0.05) is 28.6 Å². The van der Waals surface area contributed by atoms with E-state index in [9.17, 15) is 14.7 Å². The van der Waals surface area contributed by atoms with Crippen LogP contribution in [0.3, 0.4) is 0 Å². The third-order valence-corrected chi connectivity index (χ3v) is 4.43. The van der Waals surface area contributed by atoms with Crippen molar-refractivity contribution in [3.63, 3.8) is 0 Å². The van der Waals surface area contributed by atoms with Crippen LogP contribution < -0.4 is 5.32 Å². The summed E-state index contributed by atoms with van der Waals surface area (Å²) in [6, 6.07) is 11.8. The lowest BCUT2D eigenvalue weighted by molar-refractivity contribution is -0.154. The van der Waals surface area contributed by atoms with Gasteiger partial charge in [-0.1, -0.05) is 29.8 Å². The van der Waals surface area contributed by atoms with Gasteiger partial charge < -0.3 is 19.6 Å². The number of hydrogen-bond acceptors (Lipinski definition) is 5. The van der Waals surface area contributed by atoms with E-state index in [1.807, 2.05) is 6.07 Å². The zero-order chi connectivity index (χ0) is 19.4. The Labute approximate surface area is 160 Å². The van der Waals surface area contributed by atoms with E-state index >= 15 is 0 Å². The fourth-order valence-corrected chi connectivity index (χ4v) is 2.83. The Morgan fingerprint density at radius 3 is 2.78 bits per heavy atom. The number of phenolic OH excluding ortho intramolecular Hbond substituents is 1. The summed E-state index contributed by atoms with van der Waals surface area (Å²) in [6.07, 6.45) is 0.454. The average molecular weight is 388 g/mol. The van der Waals surface area contributed by atoms with Crippen LogP contribution in [-0.2, 0) is 27.3 Å². The lowest BCUT2D eigenvalue weighted by atomic mass is 10.1. The summed E-state index contributed by atoms with van der Waals surface area (Å²) in [4.78, 5) is 24.3. The van der Waals surface area contributed by atoms with Gasteiger partial charge >= 0.3 is 5.97 Å². The highest BCUT2D eigenvalue weighted by Crippen LogP contribution is 2.25. The Morgan fingerprint density at radius 1 is 1.22 bits per heavy atom. The van der Waals surface area contributed by atoms with E-state index in [-0.39, 0.29) is 18.7 Å². The molecule has 2 N–H and O–H groups in total. The summed E-state index contributed by atoms with van der Waals surface area (Å²) in [7, 11) is 0. The number of phenols is 1. The lowest BCUT2D eigenvalue weighted by Gasteiger charge is -2.14. The van der Waals surface area contributed by atoms with Gasteiger partial charge in [0.15, 0.2) is 6.10 Å². The van der Waals surface area contributed by atoms with Gasteiger partial charge in [-0.05, 0) is 30.7 Å². The molecule has 2 aromatic carbocycles. The number of benzene rings is 2. The Hall–Kier alpha value is -2.99. The molecule has 0 aliphatic carbocycles. The third-order valence-electron chi connectivity index (χ3n) is 4.06. The van der Waals surface area contributed by atoms with E-state index in [4.69, 9.17) is 20.8 Å². The van der Waals surface area contributed by atoms with Crippen LogP contribution in [0, 0.1) is 0 Å². The number of ether oxygens (including phenoxy) is 1. The van der Waals surface area contributed by atoms with E-state index in [0.717, 1.165) is 5.56 Å². The zero-order valence-corrected chi connectivity index (χ0v) is 15.3. The number of fused-ring (bicyclic) bond motifs is 1. The van der Waals surface area contributed by atoms with Crippen LogP contribution in [0.4, 0.5) is 0 Å². The van der Waals surface area contributed by atoms with Gasteiger partial charge in [-0.25, -0.2) is 0 Å². The van der Waals surface area contributed by atoms with Crippen LogP contribution in [0.1, 0.15) is 18.1 Å². The van der Waals surface area contributed by atoms with E-state index in [1.165, 1.54) is 25.3 Å². The van der Waals surface area contributed by atoms with Gasteiger partial charge in [0.2, 0.25) is 0 Å². The van der Waals surface area contributed by atoms with E-state index in [1.54, 1.807) is 24.3 Å². The normalized spacial score (nSPS) is 11.9. The minimum atomic E-state index is -0.942. The van der Waals surface area contributed by atoms with Crippen LogP contribution >= 0.6 is 11.6 Å². The molecule has 3 rings (SSSR count). The van der Waals surface area contributed by atoms with Crippen molar-refractivity contribution < 1.29 is 23.8 Å². The molecule has 140 valence electrons. The molecule has 0 spiro atoms. The number of rotatable bonds is 6. The number of aromatic hydroxyl groups is 1. The number of hydrogen-bond donors (Lipinski definition) is 2. The molecule has 1 atom stereocenters. The Balaban J connectivity index is 1.55. The van der Waals surface area contributed by atoms with E-state index < -0.39 is 18.0 Å². The van der Waals surface area contributed by atoms with E-state index in [0.29, 0.717) is 21.6 Å². The largest absolute Gasteiger partial charge is 0.508 e. The maximum atomic E-state index is 12.1. The molecule has 0 saturated carbocycles. The van der Waals surface area contributed by atoms with Crippen LogP contribution in [0.5, 0.6) is 5.75 Å². The molecule has 0 fully saturated rings. The van der Waals surface area contributed by atoms with Crippen LogP contribution in [0.2, 0.25) is 5.02 Å². The predicted molar refractivity (Wildman–Crippen MR) is 100 cm³/mol. The van der Waals surface area contributed by atoms with Crippen LogP contribution in [0.15, 0.2) is 53.1 Å². The molecule has 6 nitrogen and oxygen atoms in total. The fraction of sp³-hybridized carbons (Fsp3) is 0.200. The van der Waals surface area contributed by atoms with Crippen molar-refractivity contribution in [3.8, 4) is 5.75 Å². The average Bonchev–Trinajstić information content (AvgIpc) is 3.02. The molecule has 0 radical (unpaired) electrons. The number of carbonyl (C=O) groups is 2. The number of nitrogens with one attached hydrogen (secondary N) is 1. The quantitative estimate of drug-likeness (QED) is 0.631. The Morgan fingerprint density at radius 2 is 2.00 bits per heavy atom. The second kappa shape index (κ2) is 8.14. The number of halogens is 1. The van der Waals surface area contributed by atoms with Crippen molar-refractivity contribution in [1.82, 2.24) is 5.32 Å². The molecule has 27 heavy (non-hydrogen) atoms. The monoisotopic (exact) mass is 387 g/mol. The van der Waals surface area contributed by atoms with Crippen molar-refractivity contribution in [2.45, 2.75) is 26.0 Å². The molecule has 0 aliphatic heterocycles. The number of esters is 1. The van der Waals surface area contributed by atoms with Crippen molar-refractivity contribution in [2.24, 2.45) is 0 Å². The molecule has 0 saturated heterocycles. The standard InChI is InChI=1S/C20H18ClNO5/c1-12(20(25)22-10-13-4-2-3-5-17(13)21)27-19(24)8-14-11-26-18-9-15(23)6-7-16(14)18/h2-7,9,11-12,23H,8,10H2,1H3,(H,22,25)/t12-/m0/s1. The SMILES string of the molecule is C[C@H](OC(=O)Cc1coc2cc(O)ccc12)C(=O)NCc1ccccc1Cl. The first-order chi connectivity index (χ1) is 12.9. The molecule has 3 aromatic rings. The molecule has 7 heteroatoms. The first-order valence-electron chi connectivity index (χ1n) is 8.33. The fourth-order valence-electron chi connectivity index (χ4n) is 2.62. The van der Waals surface area contributed by atoms with Crippen molar-refractivity contribution >= 4 is 34.4 Å². The molecule has 0 bridgehead atoms. The van der Waals surface area contributed by atoms with Crippen LogP contribution in [-0.4, -0.2) is 23.1 Å². The Kier molecular flexibility index (Phi) is 5.66. The zero-order valence-electron chi connectivity index (χ0n) is 14.6. The number of amides is 1. The molecule has 0 unspecified atom stereocenters. The van der Waals surface area contributed by atoms with Gasteiger partial charge in [-0.3, -0.25) is 9.59 Å². The lowest BCUT2D eigenvalue weighted by Crippen LogP contribution is -2.35. The van der Waals surface area contributed by atoms with Gasteiger partial charge in [-0.15, -0.1) is 0 Å². The van der Waals surface area contributed by atoms with Crippen molar-refractivity contribution in [2.75, 3.05) is 0 Å². The van der Waals surface area contributed by atoms with Gasteiger partial charge in [0.05, 0.1) is 12.7 Å². The van der Waals surface area contributed by atoms with Gasteiger partial charge in [0.25, 0.3) is 5.91 Å². The minimum absolute atomic E-state index is 0.0418. The smallest absolute Gasteiger partial charge is 0.311 e. The van der Waals surface area contributed by atoms with Gasteiger partial charge in [0.1, 0.15) is 11.3 Å². The molecule has 1 heterocycles. The highest BCUT2D eigenvalue weighted by Gasteiger charge is 2.19. The van der Waals surface area contributed by atoms with Gasteiger partial charge in [-0.2, -0.15) is 0 Å². The second-order valence-electron chi connectivity index (χ2n) is 6.06. The summed E-state index contributed by atoms with van der Waals surface area (Å²) >= 11 is 6.05. The summed E-state index contributed by atoms with van der Waals surface area (Å²) in [6.45, 7) is 1.75. The highest BCUT2D eigenvalue weighted by molar-refractivity contribution is 6.31. The summed E-state index contributed by atoms with van der Waals surface area (Å²) in [5.74, 6) is -0.883. The topological polar surface area (TPSA) is 88.8 Å². The van der Waals surface area contributed by atoms with Crippen molar-refractivity contribution in [1.29, 1.82) is 0 Å². The number of carbonyl (C=O) groups excluding carboxylic acids is 2. The maximum absolute atomic E-state index is 12.1. The number of furan rings is 1.